The van der Waals surface area contributed by atoms with Crippen molar-refractivity contribution in [1.29, 1.82) is 0 Å². The van der Waals surface area contributed by atoms with E-state index in [0.717, 1.165) is 25.2 Å². The maximum absolute atomic E-state index is 11.0. The van der Waals surface area contributed by atoms with Gasteiger partial charge in [0.25, 0.3) is 0 Å². The first-order chi connectivity index (χ1) is 9.70. The second kappa shape index (κ2) is 5.87. The van der Waals surface area contributed by atoms with Crippen LogP contribution in [0.15, 0.2) is 29.6 Å². The highest BCUT2D eigenvalue weighted by Gasteiger charge is 2.31. The van der Waals surface area contributed by atoms with E-state index in [-0.39, 0.29) is 0 Å². The van der Waals surface area contributed by atoms with Crippen LogP contribution >= 0.6 is 11.3 Å². The predicted octanol–water partition coefficient (Wildman–Crippen LogP) is 5.17. The Kier molecular flexibility index (Phi) is 4.13. The Balaban J connectivity index is 1.79. The van der Waals surface area contributed by atoms with Crippen molar-refractivity contribution < 1.29 is 5.11 Å². The third kappa shape index (κ3) is 2.91. The van der Waals surface area contributed by atoms with E-state index >= 15 is 0 Å². The summed E-state index contributed by atoms with van der Waals surface area (Å²) in [7, 11) is 0. The number of fused-ring (bicyclic) bond motifs is 1. The number of aliphatic hydroxyl groups is 1. The molecule has 2 heteroatoms. The van der Waals surface area contributed by atoms with E-state index in [1.54, 1.807) is 11.3 Å². The smallest absolute Gasteiger partial charge is 0.0688 e. The topological polar surface area (TPSA) is 20.2 Å². The maximum atomic E-state index is 11.0. The highest BCUT2D eigenvalue weighted by Crippen LogP contribution is 2.36. The molecule has 0 spiro atoms. The molecule has 0 saturated heterocycles. The van der Waals surface area contributed by atoms with Crippen molar-refractivity contribution >= 4 is 21.4 Å². The molecule has 2 atom stereocenters. The van der Waals surface area contributed by atoms with Gasteiger partial charge in [-0.1, -0.05) is 44.4 Å². The van der Waals surface area contributed by atoms with Crippen molar-refractivity contribution in [3.63, 3.8) is 0 Å². The Morgan fingerprint density at radius 3 is 2.95 bits per heavy atom. The van der Waals surface area contributed by atoms with Gasteiger partial charge in [0.05, 0.1) is 5.60 Å². The first-order valence-electron chi connectivity index (χ1n) is 7.88. The number of rotatable bonds is 3. The van der Waals surface area contributed by atoms with Gasteiger partial charge in [0.1, 0.15) is 0 Å². The number of hydrogen-bond acceptors (Lipinski definition) is 2. The number of hydrogen-bond donors (Lipinski definition) is 1. The Bertz CT molecular complexity index is 574. The molecule has 2 unspecified atom stereocenters. The van der Waals surface area contributed by atoms with Crippen molar-refractivity contribution in [3.8, 4) is 0 Å². The second-order valence-corrected chi connectivity index (χ2v) is 7.27. The Morgan fingerprint density at radius 2 is 2.10 bits per heavy atom. The predicted molar refractivity (Wildman–Crippen MR) is 87.3 cm³/mol. The minimum atomic E-state index is -0.478. The van der Waals surface area contributed by atoms with Crippen LogP contribution in [-0.4, -0.2) is 10.7 Å². The zero-order valence-electron chi connectivity index (χ0n) is 12.3. The lowest BCUT2D eigenvalue weighted by atomic mass is 9.87. The van der Waals surface area contributed by atoms with Gasteiger partial charge in [-0.05, 0) is 47.6 Å². The highest BCUT2D eigenvalue weighted by atomic mass is 32.1. The second-order valence-electron chi connectivity index (χ2n) is 6.36. The van der Waals surface area contributed by atoms with Gasteiger partial charge in [-0.2, -0.15) is 0 Å². The van der Waals surface area contributed by atoms with Crippen LogP contribution in [-0.2, 0) is 6.42 Å². The first-order valence-corrected chi connectivity index (χ1v) is 8.76. The van der Waals surface area contributed by atoms with E-state index in [9.17, 15) is 5.11 Å². The first kappa shape index (κ1) is 14.1. The van der Waals surface area contributed by atoms with Crippen molar-refractivity contribution in [1.82, 2.24) is 0 Å². The molecule has 1 nitrogen and oxygen atoms in total. The zero-order chi connectivity index (χ0) is 14.0. The van der Waals surface area contributed by atoms with Crippen LogP contribution in [0.4, 0.5) is 0 Å². The number of benzene rings is 1. The fourth-order valence-electron chi connectivity index (χ4n) is 3.57. The van der Waals surface area contributed by atoms with Crippen LogP contribution in [0.2, 0.25) is 0 Å². The van der Waals surface area contributed by atoms with Crippen LogP contribution in [0.5, 0.6) is 0 Å². The Morgan fingerprint density at radius 1 is 1.25 bits per heavy atom. The van der Waals surface area contributed by atoms with E-state index in [1.807, 2.05) is 0 Å². The molecular formula is C18H24OS. The van der Waals surface area contributed by atoms with Crippen LogP contribution in [0, 0.1) is 5.92 Å². The molecule has 2 aromatic rings. The molecule has 1 aliphatic rings. The summed E-state index contributed by atoms with van der Waals surface area (Å²) in [5, 5.41) is 14.6. The summed E-state index contributed by atoms with van der Waals surface area (Å²) in [6, 6.07) is 8.56. The normalized spacial score (nSPS) is 27.6. The molecule has 1 N–H and O–H groups in total. The van der Waals surface area contributed by atoms with Crippen LogP contribution < -0.4 is 0 Å². The van der Waals surface area contributed by atoms with Crippen LogP contribution in [0.3, 0.4) is 0 Å². The van der Waals surface area contributed by atoms with Gasteiger partial charge in [-0.3, -0.25) is 0 Å². The quantitative estimate of drug-likeness (QED) is 0.773. The molecule has 0 bridgehead atoms. The molecular weight excluding hydrogens is 264 g/mol. The monoisotopic (exact) mass is 288 g/mol. The molecule has 0 aliphatic heterocycles. The highest BCUT2D eigenvalue weighted by molar-refractivity contribution is 7.17. The van der Waals surface area contributed by atoms with E-state index < -0.39 is 5.60 Å². The molecule has 1 saturated carbocycles. The standard InChI is InChI=1S/C18H24OS/c1-2-14-6-5-10-18(19,11-9-14)12-15-13-20-17-8-4-3-7-16(15)17/h3-4,7-8,13-14,19H,2,5-6,9-12H2,1H3. The largest absolute Gasteiger partial charge is 0.390 e. The molecule has 1 heterocycles. The molecule has 108 valence electrons. The van der Waals surface area contributed by atoms with E-state index in [0.29, 0.717) is 0 Å². The van der Waals surface area contributed by atoms with Gasteiger partial charge < -0.3 is 5.11 Å². The van der Waals surface area contributed by atoms with Gasteiger partial charge in [0.15, 0.2) is 0 Å². The maximum Gasteiger partial charge on any atom is 0.0688 e. The lowest BCUT2D eigenvalue weighted by molar-refractivity contribution is 0.0245. The van der Waals surface area contributed by atoms with Gasteiger partial charge in [-0.15, -0.1) is 11.3 Å². The van der Waals surface area contributed by atoms with Crippen LogP contribution in [0.1, 0.15) is 51.0 Å². The Labute approximate surface area is 125 Å². The SMILES string of the molecule is CCC1CCCC(O)(Cc2csc3ccccc23)CC1. The summed E-state index contributed by atoms with van der Waals surface area (Å²) in [5.74, 6) is 0.822. The van der Waals surface area contributed by atoms with Crippen molar-refractivity contribution in [2.24, 2.45) is 5.92 Å². The van der Waals surface area contributed by atoms with E-state index in [1.165, 1.54) is 41.3 Å². The molecule has 0 radical (unpaired) electrons. The molecule has 20 heavy (non-hydrogen) atoms. The van der Waals surface area contributed by atoms with E-state index in [4.69, 9.17) is 0 Å². The molecule has 3 rings (SSSR count). The summed E-state index contributed by atoms with van der Waals surface area (Å²) in [4.78, 5) is 0. The molecule has 0 amide bonds. The van der Waals surface area contributed by atoms with Crippen molar-refractivity contribution in [2.45, 2.75) is 57.5 Å². The third-order valence-electron chi connectivity index (χ3n) is 4.93. The van der Waals surface area contributed by atoms with Gasteiger partial charge in [-0.25, -0.2) is 0 Å². The fourth-order valence-corrected chi connectivity index (χ4v) is 4.53. The minimum Gasteiger partial charge on any atom is -0.390 e. The van der Waals surface area contributed by atoms with Gasteiger partial charge >= 0.3 is 0 Å². The molecule has 1 aliphatic carbocycles. The summed E-state index contributed by atoms with van der Waals surface area (Å²) in [5.41, 5.74) is 0.858. The summed E-state index contributed by atoms with van der Waals surface area (Å²) in [6.07, 6.45) is 7.68. The van der Waals surface area contributed by atoms with E-state index in [2.05, 4.69) is 36.6 Å². The lowest BCUT2D eigenvalue weighted by Gasteiger charge is -2.26. The van der Waals surface area contributed by atoms with Crippen molar-refractivity contribution in [3.05, 3.63) is 35.2 Å². The van der Waals surface area contributed by atoms with Gasteiger partial charge in [0, 0.05) is 11.1 Å². The molecule has 1 fully saturated rings. The Hall–Kier alpha value is -0.860. The third-order valence-corrected chi connectivity index (χ3v) is 5.94. The molecule has 1 aromatic carbocycles. The average molecular weight is 288 g/mol. The minimum absolute atomic E-state index is 0.478. The van der Waals surface area contributed by atoms with Crippen molar-refractivity contribution in [2.75, 3.05) is 0 Å². The summed E-state index contributed by atoms with van der Waals surface area (Å²) >= 11 is 1.80. The zero-order valence-corrected chi connectivity index (χ0v) is 13.1. The van der Waals surface area contributed by atoms with Crippen LogP contribution in [0.25, 0.3) is 10.1 Å². The number of thiophene rings is 1. The average Bonchev–Trinajstić information content (AvgIpc) is 2.75. The van der Waals surface area contributed by atoms with Gasteiger partial charge in [0.2, 0.25) is 0 Å². The summed E-state index contributed by atoms with van der Waals surface area (Å²) < 4.78 is 1.34. The summed E-state index contributed by atoms with van der Waals surface area (Å²) in [6.45, 7) is 2.28. The molecule has 1 aromatic heterocycles. The fraction of sp³-hybridized carbons (Fsp3) is 0.556. The lowest BCUT2D eigenvalue weighted by Crippen LogP contribution is -2.30.